The summed E-state index contributed by atoms with van der Waals surface area (Å²) in [5.74, 6) is -0.541. The lowest BCUT2D eigenvalue weighted by Gasteiger charge is -2.19. The third-order valence-corrected chi connectivity index (χ3v) is 3.37. The molecule has 0 radical (unpaired) electrons. The quantitative estimate of drug-likeness (QED) is 0.748. The van der Waals surface area contributed by atoms with Crippen molar-refractivity contribution in [3.05, 3.63) is 33.7 Å². The Morgan fingerprint density at radius 2 is 2.05 bits per heavy atom. The van der Waals surface area contributed by atoms with Crippen molar-refractivity contribution in [1.82, 2.24) is 14.3 Å². The van der Waals surface area contributed by atoms with E-state index < -0.39 is 11.5 Å². The Kier molecular flexibility index (Phi) is 4.25. The van der Waals surface area contributed by atoms with Crippen molar-refractivity contribution in [2.45, 2.75) is 0 Å². The highest BCUT2D eigenvalue weighted by Gasteiger charge is 2.19. The fraction of sp³-hybridized carbons (Fsp3) is 0.364. The molecule has 2 N–H and O–H groups in total. The molecule has 0 saturated heterocycles. The van der Waals surface area contributed by atoms with Gasteiger partial charge in [0.2, 0.25) is 0 Å². The molecule has 102 valence electrons. The van der Waals surface area contributed by atoms with Crippen molar-refractivity contribution >= 4 is 22.2 Å². The standard InChI is InChI=1S/C11H13N3O4S/c15-4-1-13(2-5-16)9(17)8-7-12-11-14(10(8)18)3-6-19-11/h3,6-7,15-16H,1-2,4-5H2. The van der Waals surface area contributed by atoms with Gasteiger partial charge in [0, 0.05) is 30.9 Å². The molecular weight excluding hydrogens is 270 g/mol. The summed E-state index contributed by atoms with van der Waals surface area (Å²) < 4.78 is 1.30. The molecule has 2 heterocycles. The molecule has 19 heavy (non-hydrogen) atoms. The molecular formula is C11H13N3O4S. The van der Waals surface area contributed by atoms with Gasteiger partial charge in [-0.2, -0.15) is 0 Å². The van der Waals surface area contributed by atoms with Crippen molar-refractivity contribution in [3.63, 3.8) is 0 Å². The zero-order chi connectivity index (χ0) is 13.8. The molecule has 0 bridgehead atoms. The van der Waals surface area contributed by atoms with Crippen LogP contribution in [0.2, 0.25) is 0 Å². The Morgan fingerprint density at radius 3 is 2.68 bits per heavy atom. The first-order chi connectivity index (χ1) is 9.19. The number of nitrogens with zero attached hydrogens (tertiary/aromatic N) is 3. The van der Waals surface area contributed by atoms with Crippen LogP contribution >= 0.6 is 11.3 Å². The molecule has 7 nitrogen and oxygen atoms in total. The smallest absolute Gasteiger partial charge is 0.271 e. The van der Waals surface area contributed by atoms with E-state index in [1.165, 1.54) is 26.8 Å². The minimum Gasteiger partial charge on any atom is -0.395 e. The SMILES string of the molecule is O=C(c1cnc2sccn2c1=O)N(CCO)CCO. The van der Waals surface area contributed by atoms with E-state index in [0.29, 0.717) is 4.96 Å². The van der Waals surface area contributed by atoms with Gasteiger partial charge in [-0.3, -0.25) is 14.0 Å². The Bertz CT molecular complexity index is 630. The van der Waals surface area contributed by atoms with E-state index in [0.717, 1.165) is 0 Å². The van der Waals surface area contributed by atoms with Gasteiger partial charge in [0.25, 0.3) is 11.5 Å². The number of aliphatic hydroxyl groups is 2. The number of fused-ring (bicyclic) bond motifs is 1. The molecule has 0 spiro atoms. The van der Waals surface area contributed by atoms with Crippen molar-refractivity contribution in [2.24, 2.45) is 0 Å². The Balaban J connectivity index is 2.39. The van der Waals surface area contributed by atoms with Crippen LogP contribution in [-0.4, -0.2) is 56.7 Å². The lowest BCUT2D eigenvalue weighted by atomic mass is 10.3. The van der Waals surface area contributed by atoms with E-state index >= 15 is 0 Å². The zero-order valence-electron chi connectivity index (χ0n) is 10.0. The third-order valence-electron chi connectivity index (χ3n) is 2.60. The van der Waals surface area contributed by atoms with Crippen LogP contribution < -0.4 is 5.56 Å². The summed E-state index contributed by atoms with van der Waals surface area (Å²) in [6.07, 6.45) is 2.78. The highest BCUT2D eigenvalue weighted by molar-refractivity contribution is 7.15. The summed E-state index contributed by atoms with van der Waals surface area (Å²) in [6.45, 7) is -0.348. The number of thiazole rings is 1. The molecule has 0 aliphatic rings. The second-order valence-corrected chi connectivity index (χ2v) is 4.65. The van der Waals surface area contributed by atoms with E-state index in [9.17, 15) is 9.59 Å². The van der Waals surface area contributed by atoms with Crippen LogP contribution in [0.25, 0.3) is 4.96 Å². The van der Waals surface area contributed by atoms with E-state index in [1.54, 1.807) is 11.6 Å². The Hall–Kier alpha value is -1.77. The summed E-state index contributed by atoms with van der Waals surface area (Å²) in [5.41, 5.74) is -0.519. The second-order valence-electron chi connectivity index (χ2n) is 3.77. The predicted octanol–water partition coefficient (Wildman–Crippen LogP) is -0.817. The first-order valence-electron chi connectivity index (χ1n) is 5.65. The maximum absolute atomic E-state index is 12.2. The molecule has 2 rings (SSSR count). The normalized spacial score (nSPS) is 10.8. The molecule has 0 aliphatic heterocycles. The van der Waals surface area contributed by atoms with Gasteiger partial charge >= 0.3 is 0 Å². The minimum atomic E-state index is -0.541. The fourth-order valence-corrected chi connectivity index (χ4v) is 2.37. The summed E-state index contributed by atoms with van der Waals surface area (Å²) in [7, 11) is 0. The Labute approximate surface area is 112 Å². The first-order valence-corrected chi connectivity index (χ1v) is 6.53. The van der Waals surface area contributed by atoms with Crippen LogP contribution in [0.15, 0.2) is 22.6 Å². The van der Waals surface area contributed by atoms with Crippen molar-refractivity contribution in [3.8, 4) is 0 Å². The molecule has 0 aromatic carbocycles. The van der Waals surface area contributed by atoms with Crippen LogP contribution in [-0.2, 0) is 0 Å². The number of aliphatic hydroxyl groups excluding tert-OH is 2. The number of hydrogen-bond acceptors (Lipinski definition) is 6. The van der Waals surface area contributed by atoms with Crippen molar-refractivity contribution < 1.29 is 15.0 Å². The van der Waals surface area contributed by atoms with Gasteiger partial charge in [-0.05, 0) is 0 Å². The number of carbonyl (C=O) groups excluding carboxylic acids is 1. The van der Waals surface area contributed by atoms with E-state index in [2.05, 4.69) is 4.98 Å². The fourth-order valence-electron chi connectivity index (χ4n) is 1.70. The van der Waals surface area contributed by atoms with Gasteiger partial charge in [0.15, 0.2) is 4.96 Å². The summed E-state index contributed by atoms with van der Waals surface area (Å²) in [6, 6.07) is 0. The largest absolute Gasteiger partial charge is 0.395 e. The molecule has 2 aromatic heterocycles. The van der Waals surface area contributed by atoms with Crippen LogP contribution in [0.5, 0.6) is 0 Å². The van der Waals surface area contributed by atoms with E-state index in [-0.39, 0.29) is 31.9 Å². The molecule has 8 heteroatoms. The van der Waals surface area contributed by atoms with Gasteiger partial charge in [-0.1, -0.05) is 0 Å². The van der Waals surface area contributed by atoms with Gasteiger partial charge in [0.05, 0.1) is 13.2 Å². The average Bonchev–Trinajstić information content (AvgIpc) is 2.87. The van der Waals surface area contributed by atoms with Crippen LogP contribution in [0.1, 0.15) is 10.4 Å². The van der Waals surface area contributed by atoms with E-state index in [4.69, 9.17) is 10.2 Å². The molecule has 0 fully saturated rings. The lowest BCUT2D eigenvalue weighted by molar-refractivity contribution is 0.0682. The molecule has 2 aromatic rings. The highest BCUT2D eigenvalue weighted by atomic mass is 32.1. The molecule has 0 aliphatic carbocycles. The number of aromatic nitrogens is 2. The van der Waals surface area contributed by atoms with E-state index in [1.807, 2.05) is 0 Å². The summed E-state index contributed by atoms with van der Waals surface area (Å²) >= 11 is 1.30. The first kappa shape index (κ1) is 13.7. The number of rotatable bonds is 5. The van der Waals surface area contributed by atoms with Gasteiger partial charge < -0.3 is 15.1 Å². The summed E-state index contributed by atoms with van der Waals surface area (Å²) in [5, 5.41) is 19.5. The van der Waals surface area contributed by atoms with Crippen molar-refractivity contribution in [2.75, 3.05) is 26.3 Å². The highest BCUT2D eigenvalue weighted by Crippen LogP contribution is 2.07. The minimum absolute atomic E-state index is 0.0607. The maximum atomic E-state index is 12.2. The van der Waals surface area contributed by atoms with Crippen molar-refractivity contribution in [1.29, 1.82) is 0 Å². The molecule has 0 atom stereocenters. The number of hydrogen-bond donors (Lipinski definition) is 2. The lowest BCUT2D eigenvalue weighted by Crippen LogP contribution is -2.39. The average molecular weight is 283 g/mol. The zero-order valence-corrected chi connectivity index (χ0v) is 10.8. The number of amides is 1. The number of carbonyl (C=O) groups is 1. The topological polar surface area (TPSA) is 95.1 Å². The second kappa shape index (κ2) is 5.91. The van der Waals surface area contributed by atoms with Gasteiger partial charge in [-0.15, -0.1) is 11.3 Å². The predicted molar refractivity (Wildman–Crippen MR) is 69.4 cm³/mol. The Morgan fingerprint density at radius 1 is 1.37 bits per heavy atom. The third kappa shape index (κ3) is 2.65. The monoisotopic (exact) mass is 283 g/mol. The molecule has 0 saturated carbocycles. The van der Waals surface area contributed by atoms with Gasteiger partial charge in [-0.25, -0.2) is 4.98 Å². The molecule has 1 amide bonds. The van der Waals surface area contributed by atoms with Crippen LogP contribution in [0, 0.1) is 0 Å². The van der Waals surface area contributed by atoms with Crippen LogP contribution in [0.4, 0.5) is 0 Å². The molecule has 0 unspecified atom stereocenters. The van der Waals surface area contributed by atoms with Crippen LogP contribution in [0.3, 0.4) is 0 Å². The maximum Gasteiger partial charge on any atom is 0.271 e. The summed E-state index contributed by atoms with van der Waals surface area (Å²) in [4.78, 5) is 30.0. The van der Waals surface area contributed by atoms with Gasteiger partial charge in [0.1, 0.15) is 5.56 Å².